The van der Waals surface area contributed by atoms with Crippen molar-refractivity contribution in [1.29, 1.82) is 0 Å². The van der Waals surface area contributed by atoms with E-state index < -0.39 is 0 Å². The van der Waals surface area contributed by atoms with Crippen molar-refractivity contribution in [2.24, 2.45) is 0 Å². The fraction of sp³-hybridized carbons (Fsp3) is 0.222. The van der Waals surface area contributed by atoms with Crippen LogP contribution in [0.1, 0.15) is 16.7 Å². The first-order valence-corrected chi connectivity index (χ1v) is 7.70. The van der Waals surface area contributed by atoms with Gasteiger partial charge in [0.25, 0.3) is 0 Å². The van der Waals surface area contributed by atoms with Gasteiger partial charge in [-0.15, -0.1) is 0 Å². The predicted molar refractivity (Wildman–Crippen MR) is 92.7 cm³/mol. The predicted octanol–water partition coefficient (Wildman–Crippen LogP) is 3.25. The van der Waals surface area contributed by atoms with E-state index in [1.54, 1.807) is 12.1 Å². The van der Waals surface area contributed by atoms with Gasteiger partial charge in [0.05, 0.1) is 13.0 Å². The summed E-state index contributed by atoms with van der Waals surface area (Å²) in [6.07, 6.45) is 0.254. The van der Waals surface area contributed by atoms with E-state index >= 15 is 0 Å². The van der Waals surface area contributed by atoms with E-state index in [2.05, 4.69) is 10.6 Å². The fourth-order valence-corrected chi connectivity index (χ4v) is 2.19. The Bertz CT molecular complexity index is 711. The van der Waals surface area contributed by atoms with Crippen molar-refractivity contribution in [3.8, 4) is 0 Å². The molecule has 0 aliphatic rings. The van der Waals surface area contributed by atoms with Crippen molar-refractivity contribution in [2.75, 3.05) is 11.9 Å². The molecule has 120 valence electrons. The van der Waals surface area contributed by atoms with E-state index in [0.717, 1.165) is 16.7 Å². The van der Waals surface area contributed by atoms with Crippen LogP contribution in [-0.4, -0.2) is 18.4 Å². The lowest BCUT2D eigenvalue weighted by Gasteiger charge is -2.08. The number of nitrogens with one attached hydrogen (secondary N) is 2. The average molecular weight is 331 g/mol. The number of halogens is 1. The lowest BCUT2D eigenvalue weighted by Crippen LogP contribution is -2.33. The molecule has 0 spiro atoms. The Morgan fingerprint density at radius 3 is 2.35 bits per heavy atom. The molecule has 5 heteroatoms. The number of benzene rings is 2. The van der Waals surface area contributed by atoms with Gasteiger partial charge in [0.2, 0.25) is 11.8 Å². The van der Waals surface area contributed by atoms with Gasteiger partial charge < -0.3 is 10.6 Å². The molecule has 2 amide bonds. The van der Waals surface area contributed by atoms with Crippen molar-refractivity contribution >= 4 is 29.1 Å². The van der Waals surface area contributed by atoms with Gasteiger partial charge in [-0.25, -0.2) is 0 Å². The highest BCUT2D eigenvalue weighted by Gasteiger charge is 2.07. The minimum absolute atomic E-state index is 0.0732. The molecule has 2 aromatic rings. The molecule has 0 aromatic heterocycles. The van der Waals surface area contributed by atoms with E-state index in [0.29, 0.717) is 10.7 Å². The second-order valence-corrected chi connectivity index (χ2v) is 5.86. The molecule has 0 aliphatic carbocycles. The van der Waals surface area contributed by atoms with Crippen LogP contribution in [-0.2, 0) is 16.0 Å². The number of carbonyl (C=O) groups excluding carboxylic acids is 2. The van der Waals surface area contributed by atoms with Crippen LogP contribution < -0.4 is 10.6 Å². The molecule has 0 atom stereocenters. The monoisotopic (exact) mass is 330 g/mol. The second kappa shape index (κ2) is 7.79. The number of carbonyl (C=O) groups is 2. The van der Waals surface area contributed by atoms with Crippen LogP contribution in [0.4, 0.5) is 5.69 Å². The first-order valence-electron chi connectivity index (χ1n) is 7.32. The van der Waals surface area contributed by atoms with Crippen molar-refractivity contribution in [2.45, 2.75) is 20.3 Å². The van der Waals surface area contributed by atoms with Crippen molar-refractivity contribution < 1.29 is 9.59 Å². The molecule has 0 aliphatic heterocycles. The summed E-state index contributed by atoms with van der Waals surface area (Å²) < 4.78 is 0. The number of hydrogen-bond acceptors (Lipinski definition) is 2. The minimum atomic E-state index is -0.290. The molecular formula is C18H19ClN2O2. The van der Waals surface area contributed by atoms with Crippen LogP contribution in [0, 0.1) is 13.8 Å². The summed E-state index contributed by atoms with van der Waals surface area (Å²) in [6.45, 7) is 3.81. The summed E-state index contributed by atoms with van der Waals surface area (Å²) in [5.41, 5.74) is 3.61. The highest BCUT2D eigenvalue weighted by Crippen LogP contribution is 2.19. The summed E-state index contributed by atoms with van der Waals surface area (Å²) in [5.74, 6) is -0.479. The maximum atomic E-state index is 11.8. The van der Waals surface area contributed by atoms with Gasteiger partial charge in [-0.1, -0.05) is 47.5 Å². The SMILES string of the molecule is Cc1ccc(CC(=O)NCC(=O)Nc2ccc(C)c(Cl)c2)cc1. The van der Waals surface area contributed by atoms with Gasteiger partial charge >= 0.3 is 0 Å². The Kier molecular flexibility index (Phi) is 5.77. The third kappa shape index (κ3) is 5.42. The Morgan fingerprint density at radius 2 is 1.70 bits per heavy atom. The van der Waals surface area contributed by atoms with Gasteiger partial charge in [0.1, 0.15) is 0 Å². The average Bonchev–Trinajstić information content (AvgIpc) is 2.51. The number of hydrogen-bond donors (Lipinski definition) is 2. The molecule has 0 saturated heterocycles. The number of aryl methyl sites for hydroxylation is 2. The quantitative estimate of drug-likeness (QED) is 0.884. The smallest absolute Gasteiger partial charge is 0.243 e. The fourth-order valence-electron chi connectivity index (χ4n) is 2.01. The Morgan fingerprint density at radius 1 is 1.00 bits per heavy atom. The third-order valence-electron chi connectivity index (χ3n) is 3.39. The first-order chi connectivity index (χ1) is 10.9. The van der Waals surface area contributed by atoms with Crippen LogP contribution in [0.2, 0.25) is 5.02 Å². The molecule has 4 nitrogen and oxygen atoms in total. The summed E-state index contributed by atoms with van der Waals surface area (Å²) in [5, 5.41) is 5.90. The van der Waals surface area contributed by atoms with Gasteiger partial charge in [-0.05, 0) is 37.1 Å². The molecule has 0 bridgehead atoms. The lowest BCUT2D eigenvalue weighted by molar-refractivity contribution is -0.123. The maximum Gasteiger partial charge on any atom is 0.243 e. The van der Waals surface area contributed by atoms with Crippen molar-refractivity contribution in [3.63, 3.8) is 0 Å². The van der Waals surface area contributed by atoms with Crippen LogP contribution in [0.5, 0.6) is 0 Å². The van der Waals surface area contributed by atoms with E-state index in [9.17, 15) is 9.59 Å². The Labute approximate surface area is 140 Å². The van der Waals surface area contributed by atoms with E-state index in [1.165, 1.54) is 0 Å². The van der Waals surface area contributed by atoms with E-state index in [4.69, 9.17) is 11.6 Å². The molecule has 2 aromatic carbocycles. The van der Waals surface area contributed by atoms with Crippen LogP contribution in [0.15, 0.2) is 42.5 Å². The largest absolute Gasteiger partial charge is 0.347 e. The summed E-state index contributed by atoms with van der Waals surface area (Å²) >= 11 is 6.01. The second-order valence-electron chi connectivity index (χ2n) is 5.45. The molecule has 2 rings (SSSR count). The molecule has 0 heterocycles. The van der Waals surface area contributed by atoms with Crippen LogP contribution in [0.3, 0.4) is 0 Å². The van der Waals surface area contributed by atoms with Gasteiger partial charge in [0, 0.05) is 10.7 Å². The van der Waals surface area contributed by atoms with Crippen molar-refractivity contribution in [1.82, 2.24) is 5.32 Å². The molecular weight excluding hydrogens is 312 g/mol. The zero-order valence-electron chi connectivity index (χ0n) is 13.2. The van der Waals surface area contributed by atoms with Gasteiger partial charge in [0.15, 0.2) is 0 Å². The Hall–Kier alpha value is -2.33. The highest BCUT2D eigenvalue weighted by atomic mass is 35.5. The molecule has 0 saturated carbocycles. The van der Waals surface area contributed by atoms with Gasteiger partial charge in [-0.3, -0.25) is 9.59 Å². The number of amides is 2. The maximum absolute atomic E-state index is 11.8. The normalized spacial score (nSPS) is 10.2. The zero-order valence-corrected chi connectivity index (χ0v) is 13.9. The highest BCUT2D eigenvalue weighted by molar-refractivity contribution is 6.31. The molecule has 2 N–H and O–H groups in total. The number of rotatable bonds is 5. The molecule has 0 unspecified atom stereocenters. The van der Waals surface area contributed by atoms with Crippen molar-refractivity contribution in [3.05, 3.63) is 64.2 Å². The molecule has 0 fully saturated rings. The molecule has 23 heavy (non-hydrogen) atoms. The van der Waals surface area contributed by atoms with Crippen LogP contribution in [0.25, 0.3) is 0 Å². The first kappa shape index (κ1) is 17.0. The van der Waals surface area contributed by atoms with E-state index in [1.807, 2.05) is 44.2 Å². The summed E-state index contributed by atoms with van der Waals surface area (Å²) in [7, 11) is 0. The zero-order chi connectivity index (χ0) is 16.8. The van der Waals surface area contributed by atoms with Gasteiger partial charge in [-0.2, -0.15) is 0 Å². The van der Waals surface area contributed by atoms with E-state index in [-0.39, 0.29) is 24.8 Å². The summed E-state index contributed by atoms with van der Waals surface area (Å²) in [4.78, 5) is 23.7. The summed E-state index contributed by atoms with van der Waals surface area (Å²) in [6, 6.07) is 13.0. The van der Waals surface area contributed by atoms with Crippen LogP contribution >= 0.6 is 11.6 Å². The third-order valence-corrected chi connectivity index (χ3v) is 3.79. The topological polar surface area (TPSA) is 58.2 Å². The Balaban J connectivity index is 1.80. The number of anilines is 1. The standard InChI is InChI=1S/C18H19ClN2O2/c1-12-3-6-14(7-4-12)9-17(22)20-11-18(23)21-15-8-5-13(2)16(19)10-15/h3-8,10H,9,11H2,1-2H3,(H,20,22)(H,21,23). The molecule has 0 radical (unpaired) electrons. The minimum Gasteiger partial charge on any atom is -0.347 e. The lowest BCUT2D eigenvalue weighted by atomic mass is 10.1.